The van der Waals surface area contributed by atoms with Gasteiger partial charge in [0.25, 0.3) is 5.91 Å². The number of aryl methyl sites for hydroxylation is 1. The number of rotatable bonds is 7. The molecule has 2 amide bonds. The van der Waals surface area contributed by atoms with E-state index in [1.165, 1.54) is 5.56 Å². The van der Waals surface area contributed by atoms with Crippen LogP contribution in [0.15, 0.2) is 54.6 Å². The number of carbonyl (C=O) groups excluding carboxylic acids is 2. The minimum absolute atomic E-state index is 0.0204. The summed E-state index contributed by atoms with van der Waals surface area (Å²) in [5.74, 6) is 1.68. The summed E-state index contributed by atoms with van der Waals surface area (Å²) in [6.45, 7) is 2.95. The second-order valence-corrected chi connectivity index (χ2v) is 9.44. The predicted molar refractivity (Wildman–Crippen MR) is 132 cm³/mol. The Morgan fingerprint density at radius 2 is 1.83 bits per heavy atom. The van der Waals surface area contributed by atoms with Gasteiger partial charge < -0.3 is 19.7 Å². The van der Waals surface area contributed by atoms with Crippen LogP contribution in [0.1, 0.15) is 41.7 Å². The van der Waals surface area contributed by atoms with E-state index in [2.05, 4.69) is 32.6 Å². The number of methoxy groups -OCH3 is 1. The Balaban J connectivity index is 1.29. The van der Waals surface area contributed by atoms with E-state index >= 15 is 0 Å². The van der Waals surface area contributed by atoms with Crippen molar-refractivity contribution >= 4 is 11.8 Å². The van der Waals surface area contributed by atoms with Gasteiger partial charge in [0, 0.05) is 25.6 Å². The van der Waals surface area contributed by atoms with Crippen molar-refractivity contribution in [3.8, 4) is 5.75 Å². The van der Waals surface area contributed by atoms with E-state index in [0.717, 1.165) is 18.4 Å². The Morgan fingerprint density at radius 1 is 1.11 bits per heavy atom. The molecule has 1 aliphatic heterocycles. The summed E-state index contributed by atoms with van der Waals surface area (Å²) in [5, 5.41) is 10.0. The van der Waals surface area contributed by atoms with Crippen molar-refractivity contribution in [2.75, 3.05) is 26.8 Å². The number of nitrogens with one attached hydrogen (secondary N) is 2. The van der Waals surface area contributed by atoms with Crippen LogP contribution in [0.3, 0.4) is 0 Å². The van der Waals surface area contributed by atoms with Crippen LogP contribution in [0.4, 0.5) is 0 Å². The smallest absolute Gasteiger partial charge is 0.258 e. The summed E-state index contributed by atoms with van der Waals surface area (Å²) in [4.78, 5) is 31.9. The summed E-state index contributed by atoms with van der Waals surface area (Å²) < 4.78 is 11.7. The fourth-order valence-corrected chi connectivity index (χ4v) is 5.68. The highest BCUT2D eigenvalue weighted by Crippen LogP contribution is 2.52. The number of hydrogen-bond donors (Lipinski definition) is 2. The zero-order valence-electron chi connectivity index (χ0n) is 20.6. The molecule has 3 aromatic rings. The maximum Gasteiger partial charge on any atom is 0.258 e. The molecule has 1 fully saturated rings. The molecule has 5 rings (SSSR count). The first-order chi connectivity index (χ1) is 17.5. The van der Waals surface area contributed by atoms with E-state index in [0.29, 0.717) is 30.5 Å². The van der Waals surface area contributed by atoms with E-state index in [1.807, 2.05) is 54.3 Å². The van der Waals surface area contributed by atoms with Crippen molar-refractivity contribution in [2.24, 2.45) is 0 Å². The van der Waals surface area contributed by atoms with Gasteiger partial charge in [-0.2, -0.15) is 5.10 Å². The van der Waals surface area contributed by atoms with Crippen molar-refractivity contribution in [1.29, 1.82) is 0 Å². The first-order valence-corrected chi connectivity index (χ1v) is 12.3. The van der Waals surface area contributed by atoms with Gasteiger partial charge in [-0.15, -0.1) is 0 Å². The Morgan fingerprint density at radius 3 is 2.53 bits per heavy atom. The molecule has 1 spiro atoms. The molecule has 1 aromatic heterocycles. The summed E-state index contributed by atoms with van der Waals surface area (Å²) in [7, 11) is 1.70. The second kappa shape index (κ2) is 10.1. The van der Waals surface area contributed by atoms with Gasteiger partial charge in [-0.3, -0.25) is 14.7 Å². The molecule has 0 bridgehead atoms. The van der Waals surface area contributed by atoms with E-state index in [4.69, 9.17) is 9.47 Å². The van der Waals surface area contributed by atoms with E-state index in [-0.39, 0.29) is 42.4 Å². The van der Waals surface area contributed by atoms with Crippen LogP contribution in [0.2, 0.25) is 0 Å². The molecule has 2 aromatic carbocycles. The SMILES string of the molecule is CO[C@H]1[C@H](NC(=O)COc2ccccc2)c2ccccc2C12CCN(C(=O)Cc1n[nH]c(C)n1)CC2. The zero-order chi connectivity index (χ0) is 25.1. The minimum Gasteiger partial charge on any atom is -0.484 e. The number of fused-ring (bicyclic) bond motifs is 2. The normalized spacial score (nSPS) is 20.2. The number of aromatic nitrogens is 3. The largest absolute Gasteiger partial charge is 0.484 e. The fourth-order valence-electron chi connectivity index (χ4n) is 5.68. The molecule has 9 heteroatoms. The number of ether oxygens (including phenoxy) is 2. The van der Waals surface area contributed by atoms with Crippen LogP contribution < -0.4 is 10.1 Å². The average molecular weight is 490 g/mol. The highest BCUT2D eigenvalue weighted by Gasteiger charge is 2.54. The lowest BCUT2D eigenvalue weighted by Gasteiger charge is -2.44. The van der Waals surface area contributed by atoms with Gasteiger partial charge in [-0.05, 0) is 43.0 Å². The summed E-state index contributed by atoms with van der Waals surface area (Å²) in [6, 6.07) is 17.2. The summed E-state index contributed by atoms with van der Waals surface area (Å²) >= 11 is 0. The van der Waals surface area contributed by atoms with Crippen LogP contribution in [-0.2, 0) is 26.2 Å². The lowest BCUT2D eigenvalue weighted by molar-refractivity contribution is -0.133. The lowest BCUT2D eigenvalue weighted by Crippen LogP contribution is -2.52. The van der Waals surface area contributed by atoms with Crippen molar-refractivity contribution in [3.63, 3.8) is 0 Å². The molecule has 2 heterocycles. The van der Waals surface area contributed by atoms with Gasteiger partial charge in [0.15, 0.2) is 12.4 Å². The van der Waals surface area contributed by atoms with Crippen molar-refractivity contribution in [2.45, 2.75) is 43.7 Å². The third kappa shape index (κ3) is 4.58. The number of para-hydroxylation sites is 1. The van der Waals surface area contributed by atoms with Gasteiger partial charge >= 0.3 is 0 Å². The number of benzene rings is 2. The van der Waals surface area contributed by atoms with Crippen molar-refractivity contribution in [1.82, 2.24) is 25.4 Å². The van der Waals surface area contributed by atoms with Gasteiger partial charge in [0.05, 0.1) is 18.6 Å². The van der Waals surface area contributed by atoms with Crippen LogP contribution in [0.25, 0.3) is 0 Å². The fraction of sp³-hybridized carbons (Fsp3) is 0.407. The Labute approximate surface area is 210 Å². The number of nitrogens with zero attached hydrogens (tertiary/aromatic N) is 3. The number of H-pyrrole nitrogens is 1. The van der Waals surface area contributed by atoms with Crippen molar-refractivity contribution < 1.29 is 19.1 Å². The number of carbonyl (C=O) groups is 2. The number of aromatic amines is 1. The van der Waals surface area contributed by atoms with Crippen LogP contribution >= 0.6 is 0 Å². The maximum atomic E-state index is 12.9. The minimum atomic E-state index is -0.295. The molecule has 1 aliphatic carbocycles. The Hall–Kier alpha value is -3.72. The molecule has 0 saturated carbocycles. The molecule has 2 aliphatic rings. The third-order valence-corrected chi connectivity index (χ3v) is 7.32. The molecular formula is C27H31N5O4. The lowest BCUT2D eigenvalue weighted by atomic mass is 9.72. The molecule has 2 N–H and O–H groups in total. The zero-order valence-corrected chi connectivity index (χ0v) is 20.6. The topological polar surface area (TPSA) is 109 Å². The van der Waals surface area contributed by atoms with Gasteiger partial charge in [-0.25, -0.2) is 4.98 Å². The number of piperidine rings is 1. The first-order valence-electron chi connectivity index (χ1n) is 12.3. The summed E-state index contributed by atoms with van der Waals surface area (Å²) in [6.07, 6.45) is 1.42. The third-order valence-electron chi connectivity index (χ3n) is 7.32. The highest BCUT2D eigenvalue weighted by atomic mass is 16.5. The standard InChI is InChI=1S/C27H31N5O4/c1-18-28-22(31-30-18)16-24(34)32-14-12-27(13-15-32)21-11-7-6-10-20(21)25(26(27)35-2)29-23(33)17-36-19-8-4-3-5-9-19/h3-11,25-26H,12-17H2,1-2H3,(H,29,33)(H,28,30,31)/t25-,26+/m1/s1. The highest BCUT2D eigenvalue weighted by molar-refractivity contribution is 5.79. The molecule has 0 radical (unpaired) electrons. The van der Waals surface area contributed by atoms with Gasteiger partial charge in [-0.1, -0.05) is 42.5 Å². The summed E-state index contributed by atoms with van der Waals surface area (Å²) in [5.41, 5.74) is 1.96. The van der Waals surface area contributed by atoms with E-state index < -0.39 is 0 Å². The van der Waals surface area contributed by atoms with Crippen LogP contribution in [0.5, 0.6) is 5.75 Å². The molecule has 9 nitrogen and oxygen atoms in total. The quantitative estimate of drug-likeness (QED) is 0.528. The van der Waals surface area contributed by atoms with Crippen LogP contribution in [0, 0.1) is 6.92 Å². The molecule has 36 heavy (non-hydrogen) atoms. The average Bonchev–Trinajstić information content (AvgIpc) is 3.42. The first kappa shape index (κ1) is 24.0. The molecule has 188 valence electrons. The Kier molecular flexibility index (Phi) is 6.73. The van der Waals surface area contributed by atoms with E-state index in [9.17, 15) is 9.59 Å². The predicted octanol–water partition coefficient (Wildman–Crippen LogP) is 2.48. The maximum absolute atomic E-state index is 12.9. The van der Waals surface area contributed by atoms with Gasteiger partial charge in [0.2, 0.25) is 5.91 Å². The van der Waals surface area contributed by atoms with Crippen LogP contribution in [-0.4, -0.2) is 64.8 Å². The second-order valence-electron chi connectivity index (χ2n) is 9.44. The Bertz CT molecular complexity index is 1220. The monoisotopic (exact) mass is 489 g/mol. The molecule has 0 unspecified atom stereocenters. The van der Waals surface area contributed by atoms with Crippen molar-refractivity contribution in [3.05, 3.63) is 77.4 Å². The number of hydrogen-bond acceptors (Lipinski definition) is 6. The molecular weight excluding hydrogens is 458 g/mol. The number of amides is 2. The molecule has 1 saturated heterocycles. The molecule has 2 atom stereocenters. The van der Waals surface area contributed by atoms with E-state index in [1.54, 1.807) is 7.11 Å². The van der Waals surface area contributed by atoms with Gasteiger partial charge in [0.1, 0.15) is 11.6 Å². The number of likely N-dealkylation sites (tertiary alicyclic amines) is 1.